The Bertz CT molecular complexity index is 916. The predicted octanol–water partition coefficient (Wildman–Crippen LogP) is 1.66. The minimum Gasteiger partial charge on any atom is -0.339 e. The quantitative estimate of drug-likeness (QED) is 0.689. The molecule has 176 valence electrons. The summed E-state index contributed by atoms with van der Waals surface area (Å²) in [5, 5.41) is 2.72. The number of anilines is 1. The van der Waals surface area contributed by atoms with Gasteiger partial charge in [0.05, 0.1) is 4.90 Å². The Balaban J connectivity index is 1.47. The Morgan fingerprint density at radius 1 is 0.812 bits per heavy atom. The molecule has 2 aliphatic heterocycles. The van der Waals surface area contributed by atoms with Crippen molar-refractivity contribution in [2.75, 3.05) is 44.6 Å². The van der Waals surface area contributed by atoms with Crippen molar-refractivity contribution >= 4 is 33.4 Å². The molecule has 2 heterocycles. The SMILES string of the molecule is CC(=O)N1CCN(C(=O)CCC(=O)Nc2ccc(S(=O)(=O)N3CCCCCC3)cc2)CC1. The fourth-order valence-corrected chi connectivity index (χ4v) is 5.53. The second kappa shape index (κ2) is 10.9. The van der Waals surface area contributed by atoms with Crippen LogP contribution in [0.25, 0.3) is 0 Å². The highest BCUT2D eigenvalue weighted by Gasteiger charge is 2.25. The number of benzene rings is 1. The molecule has 1 N–H and O–H groups in total. The lowest BCUT2D eigenvalue weighted by atomic mass is 10.2. The van der Waals surface area contributed by atoms with E-state index < -0.39 is 10.0 Å². The second-order valence-corrected chi connectivity index (χ2v) is 10.2. The van der Waals surface area contributed by atoms with Crippen LogP contribution >= 0.6 is 0 Å². The van der Waals surface area contributed by atoms with Crippen molar-refractivity contribution in [3.8, 4) is 0 Å². The number of amides is 3. The molecule has 10 heteroatoms. The van der Waals surface area contributed by atoms with Gasteiger partial charge in [0.2, 0.25) is 27.7 Å². The summed E-state index contributed by atoms with van der Waals surface area (Å²) in [7, 11) is -3.53. The number of sulfonamides is 1. The van der Waals surface area contributed by atoms with Crippen LogP contribution in [0, 0.1) is 0 Å². The van der Waals surface area contributed by atoms with Crippen LogP contribution in [0.5, 0.6) is 0 Å². The minimum atomic E-state index is -3.53. The van der Waals surface area contributed by atoms with Gasteiger partial charge in [0, 0.05) is 64.7 Å². The molecular weight excluding hydrogens is 432 g/mol. The molecule has 0 bridgehead atoms. The van der Waals surface area contributed by atoms with Crippen molar-refractivity contribution in [2.45, 2.75) is 50.3 Å². The summed E-state index contributed by atoms with van der Waals surface area (Å²) in [5.41, 5.74) is 0.493. The van der Waals surface area contributed by atoms with Gasteiger partial charge >= 0.3 is 0 Å². The standard InChI is InChI=1S/C22H32N4O5S/c1-18(27)24-14-16-25(17-15-24)22(29)11-10-21(28)23-19-6-8-20(9-7-19)32(30,31)26-12-4-2-3-5-13-26/h6-9H,2-5,10-17H2,1H3,(H,23,28). The van der Waals surface area contributed by atoms with Crippen molar-refractivity contribution in [3.63, 3.8) is 0 Å². The number of carbonyl (C=O) groups excluding carboxylic acids is 3. The molecule has 9 nitrogen and oxygen atoms in total. The Labute approximate surface area is 189 Å². The average Bonchev–Trinajstić information content (AvgIpc) is 3.08. The van der Waals surface area contributed by atoms with Crippen LogP contribution in [0.3, 0.4) is 0 Å². The fourth-order valence-electron chi connectivity index (χ4n) is 4.01. The molecular formula is C22H32N4O5S. The van der Waals surface area contributed by atoms with Gasteiger partial charge in [-0.3, -0.25) is 14.4 Å². The first-order chi connectivity index (χ1) is 15.3. The molecule has 0 unspecified atom stereocenters. The molecule has 3 amide bonds. The molecule has 0 spiro atoms. The van der Waals surface area contributed by atoms with Crippen LogP contribution in [0.2, 0.25) is 0 Å². The number of piperazine rings is 1. The van der Waals surface area contributed by atoms with Crippen LogP contribution in [-0.4, -0.2) is 79.5 Å². The van der Waals surface area contributed by atoms with E-state index in [-0.39, 0.29) is 35.5 Å². The zero-order valence-corrected chi connectivity index (χ0v) is 19.4. The van der Waals surface area contributed by atoms with Crippen LogP contribution < -0.4 is 5.32 Å². The highest BCUT2D eigenvalue weighted by atomic mass is 32.2. The van der Waals surface area contributed by atoms with Crippen molar-refractivity contribution in [2.24, 2.45) is 0 Å². The highest BCUT2D eigenvalue weighted by Crippen LogP contribution is 2.22. The number of hydrogen-bond acceptors (Lipinski definition) is 5. The molecule has 0 radical (unpaired) electrons. The number of carbonyl (C=O) groups is 3. The van der Waals surface area contributed by atoms with Crippen molar-refractivity contribution in [1.29, 1.82) is 0 Å². The predicted molar refractivity (Wildman–Crippen MR) is 120 cm³/mol. The van der Waals surface area contributed by atoms with Gasteiger partial charge in [-0.05, 0) is 37.1 Å². The van der Waals surface area contributed by atoms with Crippen LogP contribution in [0.1, 0.15) is 45.4 Å². The zero-order valence-electron chi connectivity index (χ0n) is 18.6. The Hall–Kier alpha value is -2.46. The monoisotopic (exact) mass is 464 g/mol. The summed E-state index contributed by atoms with van der Waals surface area (Å²) in [6, 6.07) is 6.17. The van der Waals surface area contributed by atoms with Crippen LogP contribution in [0.15, 0.2) is 29.2 Å². The maximum Gasteiger partial charge on any atom is 0.243 e. The van der Waals surface area contributed by atoms with Gasteiger partial charge in [0.25, 0.3) is 0 Å². The van der Waals surface area contributed by atoms with E-state index >= 15 is 0 Å². The van der Waals surface area contributed by atoms with Gasteiger partial charge in [-0.1, -0.05) is 12.8 Å². The lowest BCUT2D eigenvalue weighted by molar-refractivity contribution is -0.138. The normalized spacial score (nSPS) is 18.2. The molecule has 0 aromatic heterocycles. The average molecular weight is 465 g/mol. The first-order valence-corrected chi connectivity index (χ1v) is 12.6. The molecule has 2 aliphatic rings. The van der Waals surface area contributed by atoms with Gasteiger partial charge in [0.1, 0.15) is 0 Å². The van der Waals surface area contributed by atoms with E-state index in [0.717, 1.165) is 25.7 Å². The highest BCUT2D eigenvalue weighted by molar-refractivity contribution is 7.89. The van der Waals surface area contributed by atoms with Gasteiger partial charge in [-0.15, -0.1) is 0 Å². The summed E-state index contributed by atoms with van der Waals surface area (Å²) in [4.78, 5) is 39.5. The van der Waals surface area contributed by atoms with E-state index in [4.69, 9.17) is 0 Å². The molecule has 2 saturated heterocycles. The second-order valence-electron chi connectivity index (χ2n) is 8.28. The Kier molecular flexibility index (Phi) is 8.25. The summed E-state index contributed by atoms with van der Waals surface area (Å²) in [6.45, 7) is 4.58. The summed E-state index contributed by atoms with van der Waals surface area (Å²) >= 11 is 0. The first kappa shape index (κ1) is 24.2. The van der Waals surface area contributed by atoms with E-state index in [0.29, 0.717) is 45.0 Å². The smallest absolute Gasteiger partial charge is 0.243 e. The van der Waals surface area contributed by atoms with Crippen molar-refractivity contribution in [1.82, 2.24) is 14.1 Å². The first-order valence-electron chi connectivity index (χ1n) is 11.2. The van der Waals surface area contributed by atoms with E-state index in [1.807, 2.05) is 0 Å². The molecule has 1 aromatic carbocycles. The van der Waals surface area contributed by atoms with E-state index in [1.54, 1.807) is 21.9 Å². The van der Waals surface area contributed by atoms with Crippen molar-refractivity contribution < 1.29 is 22.8 Å². The molecule has 3 rings (SSSR count). The third-order valence-corrected chi connectivity index (χ3v) is 7.90. The Morgan fingerprint density at radius 2 is 1.38 bits per heavy atom. The lowest BCUT2D eigenvalue weighted by Gasteiger charge is -2.34. The molecule has 0 saturated carbocycles. The molecule has 1 aromatic rings. The number of hydrogen-bond donors (Lipinski definition) is 1. The number of nitrogens with one attached hydrogen (secondary N) is 1. The van der Waals surface area contributed by atoms with Crippen LogP contribution in [0.4, 0.5) is 5.69 Å². The summed E-state index contributed by atoms with van der Waals surface area (Å²) in [6.07, 6.45) is 3.98. The van der Waals surface area contributed by atoms with E-state index in [2.05, 4.69) is 5.32 Å². The third-order valence-electron chi connectivity index (χ3n) is 5.98. The molecule has 2 fully saturated rings. The van der Waals surface area contributed by atoms with Crippen molar-refractivity contribution in [3.05, 3.63) is 24.3 Å². The maximum atomic E-state index is 12.8. The summed E-state index contributed by atoms with van der Waals surface area (Å²) in [5.74, 6) is -0.409. The van der Waals surface area contributed by atoms with Gasteiger partial charge in [-0.25, -0.2) is 8.42 Å². The van der Waals surface area contributed by atoms with Gasteiger partial charge < -0.3 is 15.1 Å². The van der Waals surface area contributed by atoms with Crippen LogP contribution in [-0.2, 0) is 24.4 Å². The summed E-state index contributed by atoms with van der Waals surface area (Å²) < 4.78 is 27.2. The van der Waals surface area contributed by atoms with E-state index in [9.17, 15) is 22.8 Å². The third kappa shape index (κ3) is 6.29. The molecule has 0 atom stereocenters. The number of nitrogens with zero attached hydrogens (tertiary/aromatic N) is 3. The molecule has 0 aliphatic carbocycles. The lowest BCUT2D eigenvalue weighted by Crippen LogP contribution is -2.50. The minimum absolute atomic E-state index is 0.00159. The van der Waals surface area contributed by atoms with E-state index in [1.165, 1.54) is 23.4 Å². The number of rotatable bonds is 6. The topological polar surface area (TPSA) is 107 Å². The zero-order chi connectivity index (χ0) is 23.1. The maximum absolute atomic E-state index is 12.8. The Morgan fingerprint density at radius 3 is 1.94 bits per heavy atom. The molecule has 32 heavy (non-hydrogen) atoms. The largest absolute Gasteiger partial charge is 0.339 e. The van der Waals surface area contributed by atoms with Gasteiger partial charge in [0.15, 0.2) is 0 Å². The fraction of sp³-hybridized carbons (Fsp3) is 0.591. The van der Waals surface area contributed by atoms with Gasteiger partial charge in [-0.2, -0.15) is 4.31 Å².